The van der Waals surface area contributed by atoms with E-state index in [0.717, 1.165) is 42.9 Å². The Hall–Kier alpha value is -1.44. The van der Waals surface area contributed by atoms with Gasteiger partial charge >= 0.3 is 0 Å². The van der Waals surface area contributed by atoms with E-state index in [2.05, 4.69) is 44.1 Å². The number of benzene rings is 1. The van der Waals surface area contributed by atoms with Gasteiger partial charge in [-0.25, -0.2) is 17.7 Å². The summed E-state index contributed by atoms with van der Waals surface area (Å²) in [6, 6.07) is 5.69. The van der Waals surface area contributed by atoms with Crippen LogP contribution in [0.25, 0.3) is 11.0 Å². The fourth-order valence-electron chi connectivity index (χ4n) is 3.23. The van der Waals surface area contributed by atoms with Gasteiger partial charge in [-0.05, 0) is 44.4 Å². The van der Waals surface area contributed by atoms with Crippen molar-refractivity contribution in [2.75, 3.05) is 20.6 Å². The van der Waals surface area contributed by atoms with Gasteiger partial charge in [0.1, 0.15) is 5.82 Å². The number of sulfonamides is 1. The van der Waals surface area contributed by atoms with Gasteiger partial charge in [-0.1, -0.05) is 20.8 Å². The third-order valence-electron chi connectivity index (χ3n) is 4.70. The number of nitrogens with zero attached hydrogens (tertiary/aromatic N) is 4. The first-order chi connectivity index (χ1) is 12.6. The summed E-state index contributed by atoms with van der Waals surface area (Å²) >= 11 is 0. The molecule has 0 aliphatic heterocycles. The molecule has 1 heterocycles. The molecule has 27 heavy (non-hydrogen) atoms. The lowest BCUT2D eigenvalue weighted by Crippen LogP contribution is -2.34. The van der Waals surface area contributed by atoms with E-state index in [1.165, 1.54) is 4.31 Å². The summed E-state index contributed by atoms with van der Waals surface area (Å²) in [5.74, 6) is 1.58. The van der Waals surface area contributed by atoms with Gasteiger partial charge in [0.05, 0.1) is 22.5 Å². The minimum absolute atomic E-state index is 0.288. The molecule has 0 amide bonds. The average Bonchev–Trinajstić information content (AvgIpc) is 2.90. The minimum atomic E-state index is -3.46. The smallest absolute Gasteiger partial charge is 0.242 e. The van der Waals surface area contributed by atoms with E-state index in [1.807, 2.05) is 6.07 Å². The summed E-state index contributed by atoms with van der Waals surface area (Å²) in [7, 11) is -0.366. The standard InChI is InChI=1S/C20H34N4O2S/c1-8-11-24-19-10-9-17(27(25,26)22(6)7)12-18(19)21-20(24)14-23(16(4)5)13-15(2)3/h9-10,12,15-16H,8,11,13-14H2,1-7H3. The van der Waals surface area contributed by atoms with Crippen molar-refractivity contribution in [3.63, 3.8) is 0 Å². The van der Waals surface area contributed by atoms with Crippen LogP contribution in [0.4, 0.5) is 0 Å². The zero-order valence-corrected chi connectivity index (χ0v) is 18.5. The highest BCUT2D eigenvalue weighted by molar-refractivity contribution is 7.89. The van der Waals surface area contributed by atoms with E-state index >= 15 is 0 Å². The second-order valence-corrected chi connectivity index (χ2v) is 10.2. The van der Waals surface area contributed by atoms with E-state index in [0.29, 0.717) is 12.0 Å². The van der Waals surface area contributed by atoms with Crippen molar-refractivity contribution >= 4 is 21.1 Å². The third-order valence-corrected chi connectivity index (χ3v) is 6.51. The molecule has 6 nitrogen and oxygen atoms in total. The van der Waals surface area contributed by atoms with Gasteiger partial charge in [0, 0.05) is 33.2 Å². The van der Waals surface area contributed by atoms with Crippen LogP contribution in [-0.4, -0.2) is 53.9 Å². The molecule has 152 valence electrons. The lowest BCUT2D eigenvalue weighted by molar-refractivity contribution is 0.182. The Morgan fingerprint density at radius 1 is 1.15 bits per heavy atom. The van der Waals surface area contributed by atoms with Gasteiger partial charge in [0.15, 0.2) is 0 Å². The average molecular weight is 395 g/mol. The molecule has 0 aliphatic carbocycles. The van der Waals surface area contributed by atoms with Gasteiger partial charge in [0.2, 0.25) is 10.0 Å². The summed E-state index contributed by atoms with van der Waals surface area (Å²) < 4.78 is 28.4. The van der Waals surface area contributed by atoms with Gasteiger partial charge in [-0.15, -0.1) is 0 Å². The Morgan fingerprint density at radius 2 is 1.81 bits per heavy atom. The van der Waals surface area contributed by atoms with Crippen LogP contribution in [0.15, 0.2) is 23.1 Å². The molecule has 0 radical (unpaired) electrons. The first-order valence-electron chi connectivity index (χ1n) is 9.73. The Labute approximate surface area is 164 Å². The maximum absolute atomic E-state index is 12.5. The van der Waals surface area contributed by atoms with Crippen molar-refractivity contribution < 1.29 is 8.42 Å². The predicted octanol–water partition coefficient (Wildman–Crippen LogP) is 3.56. The molecule has 0 saturated heterocycles. The minimum Gasteiger partial charge on any atom is -0.327 e. The molecule has 2 aromatic rings. The van der Waals surface area contributed by atoms with Crippen LogP contribution in [0.1, 0.15) is 46.9 Å². The summed E-state index contributed by atoms with van der Waals surface area (Å²) in [6.45, 7) is 13.7. The number of aryl methyl sites for hydroxylation is 1. The number of rotatable bonds is 9. The molecular formula is C20H34N4O2S. The fourth-order valence-corrected chi connectivity index (χ4v) is 4.16. The Bertz CT molecular complexity index is 869. The maximum atomic E-state index is 12.5. The zero-order chi connectivity index (χ0) is 20.4. The number of aromatic nitrogens is 2. The largest absolute Gasteiger partial charge is 0.327 e. The topological polar surface area (TPSA) is 58.4 Å². The van der Waals surface area contributed by atoms with Crippen molar-refractivity contribution in [2.45, 2.75) is 65.1 Å². The molecule has 0 N–H and O–H groups in total. The van der Waals surface area contributed by atoms with Crippen molar-refractivity contribution in [1.29, 1.82) is 0 Å². The molecule has 0 saturated carbocycles. The summed E-state index contributed by atoms with van der Waals surface area (Å²) in [4.78, 5) is 7.55. The Kier molecular flexibility index (Phi) is 7.05. The second kappa shape index (κ2) is 8.71. The SMILES string of the molecule is CCCn1c(CN(CC(C)C)C(C)C)nc2cc(S(=O)(=O)N(C)C)ccc21. The number of imidazole rings is 1. The van der Waals surface area contributed by atoms with Gasteiger partial charge in [0.25, 0.3) is 0 Å². The quantitative estimate of drug-likeness (QED) is 0.652. The second-order valence-electron chi connectivity index (χ2n) is 8.03. The molecule has 0 spiro atoms. The van der Waals surface area contributed by atoms with Crippen LogP contribution in [0.5, 0.6) is 0 Å². The molecular weight excluding hydrogens is 360 g/mol. The lowest BCUT2D eigenvalue weighted by atomic mass is 10.2. The van der Waals surface area contributed by atoms with Crippen LogP contribution in [0, 0.1) is 5.92 Å². The van der Waals surface area contributed by atoms with Crippen molar-refractivity contribution in [3.05, 3.63) is 24.0 Å². The highest BCUT2D eigenvalue weighted by Crippen LogP contribution is 2.23. The maximum Gasteiger partial charge on any atom is 0.242 e. The third kappa shape index (κ3) is 4.89. The van der Waals surface area contributed by atoms with Crippen molar-refractivity contribution in [1.82, 2.24) is 18.8 Å². The Balaban J connectivity index is 2.51. The van der Waals surface area contributed by atoms with Crippen LogP contribution in [0.2, 0.25) is 0 Å². The van der Waals surface area contributed by atoms with Gasteiger partial charge < -0.3 is 4.57 Å². The fraction of sp³-hybridized carbons (Fsp3) is 0.650. The highest BCUT2D eigenvalue weighted by Gasteiger charge is 2.21. The molecule has 0 bridgehead atoms. The number of hydrogen-bond acceptors (Lipinski definition) is 4. The summed E-state index contributed by atoms with van der Waals surface area (Å²) in [6.07, 6.45) is 1.00. The Morgan fingerprint density at radius 3 is 2.33 bits per heavy atom. The summed E-state index contributed by atoms with van der Waals surface area (Å²) in [5, 5.41) is 0. The first-order valence-corrected chi connectivity index (χ1v) is 11.2. The molecule has 1 aromatic carbocycles. The molecule has 2 rings (SSSR count). The van der Waals surface area contributed by atoms with Crippen LogP contribution >= 0.6 is 0 Å². The molecule has 7 heteroatoms. The van der Waals surface area contributed by atoms with Crippen molar-refractivity contribution in [2.24, 2.45) is 5.92 Å². The number of hydrogen-bond donors (Lipinski definition) is 0. The normalized spacial score (nSPS) is 13.0. The molecule has 1 aromatic heterocycles. The summed E-state index contributed by atoms with van der Waals surface area (Å²) in [5.41, 5.74) is 1.74. The van der Waals surface area contributed by atoms with E-state index in [4.69, 9.17) is 4.98 Å². The molecule has 0 unspecified atom stereocenters. The van der Waals surface area contributed by atoms with E-state index in [1.54, 1.807) is 26.2 Å². The molecule has 0 fully saturated rings. The highest BCUT2D eigenvalue weighted by atomic mass is 32.2. The lowest BCUT2D eigenvalue weighted by Gasteiger charge is -2.28. The molecule has 0 atom stereocenters. The van der Waals surface area contributed by atoms with Crippen molar-refractivity contribution in [3.8, 4) is 0 Å². The van der Waals surface area contributed by atoms with E-state index in [-0.39, 0.29) is 4.90 Å². The monoisotopic (exact) mass is 394 g/mol. The zero-order valence-electron chi connectivity index (χ0n) is 17.7. The van der Waals surface area contributed by atoms with Gasteiger partial charge in [-0.2, -0.15) is 0 Å². The van der Waals surface area contributed by atoms with Crippen LogP contribution in [0.3, 0.4) is 0 Å². The van der Waals surface area contributed by atoms with E-state index in [9.17, 15) is 8.42 Å². The molecule has 0 aliphatic rings. The van der Waals surface area contributed by atoms with Gasteiger partial charge in [-0.3, -0.25) is 4.90 Å². The van der Waals surface area contributed by atoms with Crippen LogP contribution < -0.4 is 0 Å². The number of fused-ring (bicyclic) bond motifs is 1. The van der Waals surface area contributed by atoms with Crippen LogP contribution in [-0.2, 0) is 23.1 Å². The predicted molar refractivity (Wildman–Crippen MR) is 111 cm³/mol. The first kappa shape index (κ1) is 21.9. The van der Waals surface area contributed by atoms with E-state index < -0.39 is 10.0 Å².